The average Bonchev–Trinajstić information content (AvgIpc) is 3.10. The Kier molecular flexibility index (Phi) is 6.87. The van der Waals surface area contributed by atoms with Crippen LogP contribution in [0.25, 0.3) is 34.7 Å². The number of hydrogen-bond donors (Lipinski definition) is 1. The Morgan fingerprint density at radius 1 is 1.06 bits per heavy atom. The maximum atomic E-state index is 12.4. The van der Waals surface area contributed by atoms with Crippen LogP contribution in [0.15, 0.2) is 73.1 Å². The SMILES string of the molecule is C=C(Nc1ccc2ccccc2c1)N(C)Cc1cccc2c(=C)n(C(CCC=O)C(C)=O)c(=C)c12. The van der Waals surface area contributed by atoms with Gasteiger partial charge in [0.2, 0.25) is 0 Å². The van der Waals surface area contributed by atoms with Crippen LogP contribution in [0.4, 0.5) is 5.69 Å². The Bertz CT molecular complexity index is 1530. The third-order valence-electron chi connectivity index (χ3n) is 6.58. The molecule has 0 aliphatic heterocycles. The van der Waals surface area contributed by atoms with Gasteiger partial charge >= 0.3 is 0 Å². The summed E-state index contributed by atoms with van der Waals surface area (Å²) in [6, 6.07) is 20.1. The molecule has 4 aromatic rings. The van der Waals surface area contributed by atoms with Gasteiger partial charge in [0.25, 0.3) is 0 Å². The number of nitrogens with zero attached hydrogens (tertiary/aromatic N) is 2. The second kappa shape index (κ2) is 10.0. The van der Waals surface area contributed by atoms with Crippen molar-refractivity contribution in [3.8, 4) is 0 Å². The molecule has 0 aliphatic rings. The zero-order valence-electron chi connectivity index (χ0n) is 20.4. The molecule has 0 spiro atoms. The highest BCUT2D eigenvalue weighted by atomic mass is 16.1. The molecule has 0 aliphatic carbocycles. The fourth-order valence-electron chi connectivity index (χ4n) is 4.72. The molecule has 35 heavy (non-hydrogen) atoms. The molecule has 1 atom stereocenters. The first kappa shape index (κ1) is 24.0. The number of rotatable bonds is 10. The molecule has 0 bridgehead atoms. The van der Waals surface area contributed by atoms with Crippen molar-refractivity contribution in [2.24, 2.45) is 0 Å². The van der Waals surface area contributed by atoms with Crippen LogP contribution in [-0.4, -0.2) is 28.6 Å². The van der Waals surface area contributed by atoms with Crippen molar-refractivity contribution in [1.82, 2.24) is 9.47 Å². The van der Waals surface area contributed by atoms with Crippen LogP contribution in [0.2, 0.25) is 0 Å². The number of hydrogen-bond acceptors (Lipinski definition) is 4. The molecule has 0 radical (unpaired) electrons. The number of carbonyl (C=O) groups excluding carboxylic acids is 2. The van der Waals surface area contributed by atoms with Gasteiger partial charge in [0.05, 0.1) is 11.9 Å². The summed E-state index contributed by atoms with van der Waals surface area (Å²) in [6.45, 7) is 15.0. The lowest BCUT2D eigenvalue weighted by atomic mass is 10.1. The molecule has 178 valence electrons. The first-order valence-electron chi connectivity index (χ1n) is 11.7. The van der Waals surface area contributed by atoms with E-state index in [1.807, 2.05) is 41.9 Å². The monoisotopic (exact) mass is 465 g/mol. The van der Waals surface area contributed by atoms with E-state index in [-0.39, 0.29) is 5.78 Å². The number of benzene rings is 3. The molecule has 1 unspecified atom stereocenters. The lowest BCUT2D eigenvalue weighted by Gasteiger charge is -2.23. The standard InChI is InChI=1S/C30H31N3O2/c1-20-28-13-8-12-26(30(28)21(2)33(20)29(22(3)35)14-9-17-34)19-32(5)23(4)31-27-16-15-24-10-6-7-11-25(24)18-27/h6-8,10-13,15-18,29,31H,1-2,4,9,14,19H2,3,5H3. The van der Waals surface area contributed by atoms with E-state index in [0.29, 0.717) is 19.4 Å². The number of ketones is 1. The molecular formula is C30H31N3O2. The van der Waals surface area contributed by atoms with Crippen molar-refractivity contribution in [3.63, 3.8) is 0 Å². The zero-order chi connectivity index (χ0) is 25.1. The van der Waals surface area contributed by atoms with Crippen molar-refractivity contribution >= 4 is 52.5 Å². The van der Waals surface area contributed by atoms with Gasteiger partial charge in [-0.1, -0.05) is 68.3 Å². The Labute approximate surface area is 205 Å². The molecule has 5 heteroatoms. The Balaban J connectivity index is 1.62. The molecule has 1 heterocycles. The Hall–Kier alpha value is -4.12. The largest absolute Gasteiger partial charge is 0.357 e. The van der Waals surface area contributed by atoms with E-state index in [1.54, 1.807) is 6.92 Å². The highest BCUT2D eigenvalue weighted by Crippen LogP contribution is 2.22. The second-order valence-corrected chi connectivity index (χ2v) is 8.96. The van der Waals surface area contributed by atoms with Crippen molar-refractivity contribution in [2.45, 2.75) is 32.4 Å². The average molecular weight is 466 g/mol. The minimum absolute atomic E-state index is 0.00594. The molecule has 5 nitrogen and oxygen atoms in total. The van der Waals surface area contributed by atoms with Crippen LogP contribution in [0.3, 0.4) is 0 Å². The topological polar surface area (TPSA) is 54.3 Å². The van der Waals surface area contributed by atoms with Crippen molar-refractivity contribution in [1.29, 1.82) is 0 Å². The predicted octanol–water partition coefficient (Wildman–Crippen LogP) is 4.74. The summed E-state index contributed by atoms with van der Waals surface area (Å²) in [5.74, 6) is 0.762. The normalized spacial score (nSPS) is 11.9. The highest BCUT2D eigenvalue weighted by molar-refractivity contribution is 5.89. The summed E-state index contributed by atoms with van der Waals surface area (Å²) in [6.07, 6.45) is 1.60. The number of aldehydes is 1. The van der Waals surface area contributed by atoms with Crippen molar-refractivity contribution in [2.75, 3.05) is 12.4 Å². The maximum Gasteiger partial charge on any atom is 0.152 e. The fraction of sp³-hybridized carbons (Fsp3) is 0.200. The first-order valence-corrected chi connectivity index (χ1v) is 11.7. The predicted molar refractivity (Wildman–Crippen MR) is 145 cm³/mol. The summed E-state index contributed by atoms with van der Waals surface area (Å²) in [4.78, 5) is 25.4. The van der Waals surface area contributed by atoms with Gasteiger partial charge in [0.1, 0.15) is 6.29 Å². The summed E-state index contributed by atoms with van der Waals surface area (Å²) >= 11 is 0. The number of carbonyl (C=O) groups is 2. The van der Waals surface area contributed by atoms with Gasteiger partial charge in [0, 0.05) is 47.2 Å². The van der Waals surface area contributed by atoms with E-state index >= 15 is 0 Å². The molecule has 0 saturated heterocycles. The van der Waals surface area contributed by atoms with Gasteiger partial charge in [-0.2, -0.15) is 0 Å². The fourth-order valence-corrected chi connectivity index (χ4v) is 4.72. The molecule has 0 saturated carbocycles. The van der Waals surface area contributed by atoms with E-state index in [2.05, 4.69) is 60.3 Å². The van der Waals surface area contributed by atoms with Crippen LogP contribution in [0, 0.1) is 0 Å². The van der Waals surface area contributed by atoms with Crippen LogP contribution in [0.1, 0.15) is 31.4 Å². The van der Waals surface area contributed by atoms with Crippen LogP contribution in [0.5, 0.6) is 0 Å². The van der Waals surface area contributed by atoms with E-state index < -0.39 is 6.04 Å². The van der Waals surface area contributed by atoms with Gasteiger partial charge in [-0.3, -0.25) is 4.79 Å². The Morgan fingerprint density at radius 3 is 2.51 bits per heavy atom. The van der Waals surface area contributed by atoms with Gasteiger partial charge < -0.3 is 19.6 Å². The van der Waals surface area contributed by atoms with E-state index in [1.165, 1.54) is 10.8 Å². The molecule has 3 aromatic carbocycles. The van der Waals surface area contributed by atoms with E-state index in [9.17, 15) is 9.59 Å². The third-order valence-corrected chi connectivity index (χ3v) is 6.58. The smallest absolute Gasteiger partial charge is 0.152 e. The number of fused-ring (bicyclic) bond motifs is 2. The Morgan fingerprint density at radius 2 is 1.80 bits per heavy atom. The molecule has 1 N–H and O–H groups in total. The van der Waals surface area contributed by atoms with E-state index in [0.717, 1.165) is 44.8 Å². The summed E-state index contributed by atoms with van der Waals surface area (Å²) in [7, 11) is 1.99. The van der Waals surface area contributed by atoms with Gasteiger partial charge in [-0.15, -0.1) is 0 Å². The summed E-state index contributed by atoms with van der Waals surface area (Å²) in [5, 5.41) is 9.21. The quantitative estimate of drug-likeness (QED) is 0.344. The van der Waals surface area contributed by atoms with Crippen LogP contribution < -0.4 is 16.0 Å². The van der Waals surface area contributed by atoms with Crippen molar-refractivity contribution in [3.05, 3.63) is 89.3 Å². The first-order chi connectivity index (χ1) is 16.8. The van der Waals surface area contributed by atoms with Gasteiger partial charge in [-0.05, 0) is 41.8 Å². The van der Waals surface area contributed by atoms with E-state index in [4.69, 9.17) is 0 Å². The zero-order valence-corrected chi connectivity index (χ0v) is 20.4. The molecular weight excluding hydrogens is 434 g/mol. The summed E-state index contributed by atoms with van der Waals surface area (Å²) in [5.41, 5.74) is 2.04. The van der Waals surface area contributed by atoms with Crippen molar-refractivity contribution < 1.29 is 9.59 Å². The third kappa shape index (κ3) is 4.76. The lowest BCUT2D eigenvalue weighted by molar-refractivity contribution is -0.120. The van der Waals surface area contributed by atoms with Crippen LogP contribution in [-0.2, 0) is 16.1 Å². The molecule has 1 aromatic heterocycles. The minimum atomic E-state index is -0.456. The minimum Gasteiger partial charge on any atom is -0.357 e. The molecule has 0 fully saturated rings. The number of aromatic nitrogens is 1. The molecule has 4 rings (SSSR count). The molecule has 0 amide bonds. The second-order valence-electron chi connectivity index (χ2n) is 8.96. The van der Waals surface area contributed by atoms with Gasteiger partial charge in [-0.25, -0.2) is 0 Å². The van der Waals surface area contributed by atoms with Crippen LogP contribution >= 0.6 is 0 Å². The number of Topliss-reactive ketones (excluding diaryl/α,β-unsaturated/α-hetero) is 1. The van der Waals surface area contributed by atoms with Gasteiger partial charge in [0.15, 0.2) is 5.78 Å². The summed E-state index contributed by atoms with van der Waals surface area (Å²) < 4.78 is 1.89. The number of anilines is 1. The maximum absolute atomic E-state index is 12.4. The lowest BCUT2D eigenvalue weighted by Crippen LogP contribution is -2.33. The highest BCUT2D eigenvalue weighted by Gasteiger charge is 2.20. The number of nitrogens with one attached hydrogen (secondary N) is 1.